The molecule has 0 saturated carbocycles. The number of aromatic nitrogens is 2. The Balaban J connectivity index is 1.34. The first-order valence-electron chi connectivity index (χ1n) is 10.0. The molecule has 1 aliphatic heterocycles. The molecule has 0 radical (unpaired) electrons. The van der Waals surface area contributed by atoms with Crippen LogP contribution < -0.4 is 4.90 Å². The van der Waals surface area contributed by atoms with Gasteiger partial charge in [0, 0.05) is 44.3 Å². The highest BCUT2D eigenvalue weighted by atomic mass is 32.2. The summed E-state index contributed by atoms with van der Waals surface area (Å²) >= 11 is 1.47. The standard InChI is InChI=1S/C23H25FN4OS/c1-17-3-8-21(18(2)15-17)28-10-9-25-23(28)30-16-22(29)27-13-11-26(12-14-27)20-6-4-19(24)5-7-20/h3-10,15H,11-14,16H2,1-2H3. The highest BCUT2D eigenvalue weighted by molar-refractivity contribution is 7.99. The number of hydrogen-bond donors (Lipinski definition) is 0. The number of piperazine rings is 1. The average Bonchev–Trinajstić information content (AvgIpc) is 3.21. The molecular weight excluding hydrogens is 399 g/mol. The number of carbonyl (C=O) groups is 1. The number of amides is 1. The van der Waals surface area contributed by atoms with Crippen LogP contribution in [0.1, 0.15) is 11.1 Å². The Morgan fingerprint density at radius 1 is 1.07 bits per heavy atom. The van der Waals surface area contributed by atoms with Gasteiger partial charge in [0.1, 0.15) is 5.82 Å². The number of rotatable bonds is 5. The monoisotopic (exact) mass is 424 g/mol. The van der Waals surface area contributed by atoms with Crippen molar-refractivity contribution < 1.29 is 9.18 Å². The fraction of sp³-hybridized carbons (Fsp3) is 0.304. The Morgan fingerprint density at radius 3 is 2.50 bits per heavy atom. The summed E-state index contributed by atoms with van der Waals surface area (Å²) in [7, 11) is 0. The summed E-state index contributed by atoms with van der Waals surface area (Å²) in [5.74, 6) is 0.246. The molecular formula is C23H25FN4OS. The molecule has 1 amide bonds. The third-order valence-corrected chi connectivity index (χ3v) is 6.32. The van der Waals surface area contributed by atoms with Crippen molar-refractivity contribution in [2.45, 2.75) is 19.0 Å². The minimum Gasteiger partial charge on any atom is -0.368 e. The topological polar surface area (TPSA) is 41.4 Å². The molecule has 0 aliphatic carbocycles. The van der Waals surface area contributed by atoms with Crippen molar-refractivity contribution in [3.63, 3.8) is 0 Å². The minimum absolute atomic E-state index is 0.119. The molecule has 30 heavy (non-hydrogen) atoms. The van der Waals surface area contributed by atoms with Crippen LogP contribution in [0.2, 0.25) is 0 Å². The van der Waals surface area contributed by atoms with E-state index in [4.69, 9.17) is 0 Å². The van der Waals surface area contributed by atoms with Gasteiger partial charge in [-0.2, -0.15) is 0 Å². The van der Waals surface area contributed by atoms with E-state index in [1.165, 1.54) is 35.0 Å². The molecule has 0 N–H and O–H groups in total. The van der Waals surface area contributed by atoms with Gasteiger partial charge in [0.25, 0.3) is 0 Å². The summed E-state index contributed by atoms with van der Waals surface area (Å²) in [6, 6.07) is 12.8. The van der Waals surface area contributed by atoms with Crippen LogP contribution in [-0.2, 0) is 4.79 Å². The first-order chi connectivity index (χ1) is 14.5. The molecule has 0 spiro atoms. The Labute approximate surface area is 180 Å². The molecule has 156 valence electrons. The summed E-state index contributed by atoms with van der Waals surface area (Å²) in [6.45, 7) is 7.00. The lowest BCUT2D eigenvalue weighted by molar-refractivity contribution is -0.128. The van der Waals surface area contributed by atoms with Gasteiger partial charge in [-0.05, 0) is 49.7 Å². The molecule has 0 bridgehead atoms. The fourth-order valence-electron chi connectivity index (χ4n) is 3.74. The van der Waals surface area contributed by atoms with Crippen LogP contribution >= 0.6 is 11.8 Å². The van der Waals surface area contributed by atoms with Gasteiger partial charge in [0.05, 0.1) is 11.4 Å². The van der Waals surface area contributed by atoms with Crippen molar-refractivity contribution in [1.29, 1.82) is 0 Å². The molecule has 1 aliphatic rings. The Morgan fingerprint density at radius 2 is 1.80 bits per heavy atom. The molecule has 1 saturated heterocycles. The molecule has 2 aromatic carbocycles. The normalized spacial score (nSPS) is 14.2. The number of anilines is 1. The highest BCUT2D eigenvalue weighted by Gasteiger charge is 2.22. The largest absolute Gasteiger partial charge is 0.368 e. The summed E-state index contributed by atoms with van der Waals surface area (Å²) in [5.41, 5.74) is 4.48. The van der Waals surface area contributed by atoms with E-state index in [2.05, 4.69) is 41.9 Å². The summed E-state index contributed by atoms with van der Waals surface area (Å²) < 4.78 is 15.2. The zero-order valence-electron chi connectivity index (χ0n) is 17.2. The van der Waals surface area contributed by atoms with Gasteiger partial charge < -0.3 is 9.80 Å². The number of thioether (sulfide) groups is 1. The molecule has 5 nitrogen and oxygen atoms in total. The molecule has 3 aromatic rings. The molecule has 0 unspecified atom stereocenters. The van der Waals surface area contributed by atoms with Crippen molar-refractivity contribution >= 4 is 23.4 Å². The second kappa shape index (κ2) is 8.92. The van der Waals surface area contributed by atoms with Crippen LogP contribution in [0.4, 0.5) is 10.1 Å². The fourth-order valence-corrected chi connectivity index (χ4v) is 4.61. The molecule has 1 aromatic heterocycles. The van der Waals surface area contributed by atoms with E-state index in [0.29, 0.717) is 18.8 Å². The number of aryl methyl sites for hydroxylation is 2. The first kappa shape index (κ1) is 20.5. The number of hydrogen-bond acceptors (Lipinski definition) is 4. The minimum atomic E-state index is -0.233. The quantitative estimate of drug-likeness (QED) is 0.579. The van der Waals surface area contributed by atoms with Crippen molar-refractivity contribution in [2.75, 3.05) is 36.8 Å². The van der Waals surface area contributed by atoms with Crippen molar-refractivity contribution in [3.8, 4) is 5.69 Å². The van der Waals surface area contributed by atoms with Crippen molar-refractivity contribution in [3.05, 3.63) is 71.8 Å². The predicted molar refractivity (Wildman–Crippen MR) is 119 cm³/mol. The molecule has 7 heteroatoms. The lowest BCUT2D eigenvalue weighted by Crippen LogP contribution is -2.49. The Bertz CT molecular complexity index is 1030. The van der Waals surface area contributed by atoms with Gasteiger partial charge in [0.2, 0.25) is 5.91 Å². The van der Waals surface area contributed by atoms with Crippen LogP contribution in [0, 0.1) is 19.7 Å². The first-order valence-corrected chi connectivity index (χ1v) is 11.0. The summed E-state index contributed by atoms with van der Waals surface area (Å²) in [4.78, 5) is 21.3. The van der Waals surface area contributed by atoms with E-state index < -0.39 is 0 Å². The van der Waals surface area contributed by atoms with E-state index in [1.54, 1.807) is 18.3 Å². The summed E-state index contributed by atoms with van der Waals surface area (Å²) in [6.07, 6.45) is 3.71. The number of nitrogens with zero attached hydrogens (tertiary/aromatic N) is 4. The SMILES string of the molecule is Cc1ccc(-n2ccnc2SCC(=O)N2CCN(c3ccc(F)cc3)CC2)c(C)c1. The van der Waals surface area contributed by atoms with Crippen LogP contribution in [0.3, 0.4) is 0 Å². The molecule has 1 fully saturated rings. The maximum absolute atomic E-state index is 13.1. The zero-order valence-corrected chi connectivity index (χ0v) is 18.0. The Hall–Kier alpha value is -2.80. The van der Waals surface area contributed by atoms with Crippen LogP contribution in [-0.4, -0.2) is 52.3 Å². The molecule has 2 heterocycles. The van der Waals surface area contributed by atoms with Gasteiger partial charge in [-0.3, -0.25) is 9.36 Å². The third kappa shape index (κ3) is 4.51. The number of imidazole rings is 1. The maximum Gasteiger partial charge on any atom is 0.233 e. The smallest absolute Gasteiger partial charge is 0.233 e. The second-order valence-corrected chi connectivity index (χ2v) is 8.45. The van der Waals surface area contributed by atoms with Gasteiger partial charge in [-0.15, -0.1) is 0 Å². The molecule has 0 atom stereocenters. The van der Waals surface area contributed by atoms with Crippen LogP contribution in [0.25, 0.3) is 5.69 Å². The van der Waals surface area contributed by atoms with Crippen molar-refractivity contribution in [1.82, 2.24) is 14.5 Å². The number of carbonyl (C=O) groups excluding carboxylic acids is 1. The Kier molecular flexibility index (Phi) is 6.08. The van der Waals surface area contributed by atoms with Gasteiger partial charge in [-0.25, -0.2) is 9.37 Å². The number of benzene rings is 2. The average molecular weight is 425 g/mol. The lowest BCUT2D eigenvalue weighted by atomic mass is 10.1. The predicted octanol–water partition coefficient (Wildman–Crippen LogP) is 4.07. The second-order valence-electron chi connectivity index (χ2n) is 7.50. The third-order valence-electron chi connectivity index (χ3n) is 5.37. The van der Waals surface area contributed by atoms with Gasteiger partial charge >= 0.3 is 0 Å². The summed E-state index contributed by atoms with van der Waals surface area (Å²) in [5, 5.41) is 0.820. The van der Waals surface area contributed by atoms with Gasteiger partial charge in [-0.1, -0.05) is 29.5 Å². The van der Waals surface area contributed by atoms with E-state index in [0.717, 1.165) is 29.6 Å². The highest BCUT2D eigenvalue weighted by Crippen LogP contribution is 2.24. The van der Waals surface area contributed by atoms with E-state index in [9.17, 15) is 9.18 Å². The maximum atomic E-state index is 13.1. The van der Waals surface area contributed by atoms with Crippen molar-refractivity contribution in [2.24, 2.45) is 0 Å². The lowest BCUT2D eigenvalue weighted by Gasteiger charge is -2.36. The zero-order chi connectivity index (χ0) is 21.1. The van der Waals surface area contributed by atoms with E-state index in [-0.39, 0.29) is 11.7 Å². The number of halogens is 1. The van der Waals surface area contributed by atoms with E-state index >= 15 is 0 Å². The van der Waals surface area contributed by atoms with E-state index in [1.807, 2.05) is 15.7 Å². The van der Waals surface area contributed by atoms with Gasteiger partial charge in [0.15, 0.2) is 5.16 Å². The molecule has 4 rings (SSSR count). The van der Waals surface area contributed by atoms with Crippen LogP contribution in [0.15, 0.2) is 60.0 Å². The van der Waals surface area contributed by atoms with Crippen LogP contribution in [0.5, 0.6) is 0 Å².